The largest absolute Gasteiger partial charge is 0.312 e. The number of hydrogen-bond acceptors (Lipinski definition) is 3. The summed E-state index contributed by atoms with van der Waals surface area (Å²) in [4.78, 5) is 16.2. The van der Waals surface area contributed by atoms with Crippen molar-refractivity contribution >= 4 is 23.5 Å². The Morgan fingerprint density at radius 3 is 2.88 bits per heavy atom. The topological polar surface area (TPSA) is 41.5 Å². The van der Waals surface area contributed by atoms with E-state index in [0.29, 0.717) is 22.9 Å². The number of nitrogens with zero attached hydrogens (tertiary/aromatic N) is 1. The first-order valence-corrected chi connectivity index (χ1v) is 6.44. The molecule has 1 N–H and O–H groups in total. The van der Waals surface area contributed by atoms with Crippen molar-refractivity contribution in [3.05, 3.63) is 30.1 Å². The first-order chi connectivity index (χ1) is 8.20. The second-order valence-electron chi connectivity index (χ2n) is 3.71. The molecule has 0 aromatic heterocycles. The lowest BCUT2D eigenvalue weighted by atomic mass is 10.2. The summed E-state index contributed by atoms with van der Waals surface area (Å²) in [6.45, 7) is 1.92. The van der Waals surface area contributed by atoms with E-state index in [4.69, 9.17) is 0 Å². The van der Waals surface area contributed by atoms with E-state index in [0.717, 1.165) is 0 Å². The molecule has 1 aromatic carbocycles. The molecule has 1 aliphatic rings. The molecule has 1 amide bonds. The number of carbonyl (C=O) groups is 1. The number of benzene rings is 1. The molecule has 5 heteroatoms. The van der Waals surface area contributed by atoms with Crippen LogP contribution in [0.4, 0.5) is 4.39 Å². The molecule has 2 rings (SSSR count). The number of carbonyl (C=O) groups excluding carboxylic acids is 1. The molecule has 0 bridgehead atoms. The van der Waals surface area contributed by atoms with E-state index >= 15 is 0 Å². The Kier molecular flexibility index (Phi) is 3.78. The highest BCUT2D eigenvalue weighted by Gasteiger charge is 2.24. The molecule has 0 fully saturated rings. The molecule has 1 heterocycles. The Bertz CT molecular complexity index is 462. The Balaban J connectivity index is 1.96. The van der Waals surface area contributed by atoms with Crippen LogP contribution in [0, 0.1) is 5.82 Å². The third kappa shape index (κ3) is 2.85. The molecule has 0 saturated heterocycles. The number of aliphatic imine (C=N–C) groups is 1. The first kappa shape index (κ1) is 12.1. The fraction of sp³-hybridized carbons (Fsp3) is 0.333. The van der Waals surface area contributed by atoms with E-state index in [1.165, 1.54) is 17.8 Å². The van der Waals surface area contributed by atoms with Crippen LogP contribution in [0.15, 0.2) is 34.2 Å². The minimum absolute atomic E-state index is 0.0587. The zero-order valence-electron chi connectivity index (χ0n) is 9.44. The van der Waals surface area contributed by atoms with Gasteiger partial charge in [-0.3, -0.25) is 9.79 Å². The van der Waals surface area contributed by atoms with Gasteiger partial charge in [0.25, 0.3) is 0 Å². The van der Waals surface area contributed by atoms with E-state index in [9.17, 15) is 9.18 Å². The predicted octanol–water partition coefficient (Wildman–Crippen LogP) is 2.22. The molecular formula is C12H13FN2OS. The van der Waals surface area contributed by atoms with Gasteiger partial charge in [0.05, 0.1) is 5.75 Å². The van der Waals surface area contributed by atoms with Crippen molar-refractivity contribution in [3.8, 4) is 0 Å². The normalized spacial score (nSPS) is 19.1. The van der Waals surface area contributed by atoms with Gasteiger partial charge in [0.1, 0.15) is 17.7 Å². The van der Waals surface area contributed by atoms with Crippen molar-refractivity contribution in [1.82, 2.24) is 5.32 Å². The first-order valence-electron chi connectivity index (χ1n) is 5.45. The second-order valence-corrected chi connectivity index (χ2v) is 4.73. The molecule has 1 aliphatic heterocycles. The van der Waals surface area contributed by atoms with Crippen LogP contribution in [0.2, 0.25) is 0 Å². The lowest BCUT2D eigenvalue weighted by Gasteiger charge is -2.02. The van der Waals surface area contributed by atoms with Gasteiger partial charge >= 0.3 is 0 Å². The van der Waals surface area contributed by atoms with Crippen molar-refractivity contribution in [3.63, 3.8) is 0 Å². The summed E-state index contributed by atoms with van der Waals surface area (Å²) in [5.41, 5.74) is 0. The van der Waals surface area contributed by atoms with Gasteiger partial charge in [-0.1, -0.05) is 19.1 Å². The number of hydrogen-bond donors (Lipinski definition) is 1. The van der Waals surface area contributed by atoms with Gasteiger partial charge in [0, 0.05) is 4.90 Å². The average molecular weight is 252 g/mol. The number of rotatable bonds is 4. The number of amidine groups is 1. The second kappa shape index (κ2) is 5.31. The Hall–Kier alpha value is -1.36. The molecule has 1 aromatic rings. The number of thioether (sulfide) groups is 1. The third-order valence-corrected chi connectivity index (χ3v) is 3.53. The van der Waals surface area contributed by atoms with E-state index in [-0.39, 0.29) is 17.8 Å². The van der Waals surface area contributed by atoms with Crippen LogP contribution in [0.3, 0.4) is 0 Å². The monoisotopic (exact) mass is 252 g/mol. The van der Waals surface area contributed by atoms with Crippen LogP contribution in [0.1, 0.15) is 13.3 Å². The molecule has 90 valence electrons. The van der Waals surface area contributed by atoms with E-state index < -0.39 is 0 Å². The van der Waals surface area contributed by atoms with Gasteiger partial charge in [-0.15, -0.1) is 11.8 Å². The Morgan fingerprint density at radius 1 is 1.47 bits per heavy atom. The predicted molar refractivity (Wildman–Crippen MR) is 66.8 cm³/mol. The van der Waals surface area contributed by atoms with Crippen molar-refractivity contribution in [2.75, 3.05) is 5.75 Å². The minimum Gasteiger partial charge on any atom is -0.312 e. The molecule has 0 saturated carbocycles. The van der Waals surface area contributed by atoms with Crippen LogP contribution >= 0.6 is 11.8 Å². The summed E-state index contributed by atoms with van der Waals surface area (Å²) in [7, 11) is 0. The maximum Gasteiger partial charge on any atom is 0.250 e. The summed E-state index contributed by atoms with van der Waals surface area (Å²) in [6.07, 6.45) is 0.694. The minimum atomic E-state index is -0.272. The van der Waals surface area contributed by atoms with Gasteiger partial charge in [-0.05, 0) is 18.6 Å². The summed E-state index contributed by atoms with van der Waals surface area (Å²) < 4.78 is 13.3. The molecule has 0 aliphatic carbocycles. The molecule has 1 unspecified atom stereocenters. The summed E-state index contributed by atoms with van der Waals surface area (Å²) >= 11 is 1.34. The van der Waals surface area contributed by atoms with Gasteiger partial charge in [-0.25, -0.2) is 4.39 Å². The lowest BCUT2D eigenvalue weighted by Crippen LogP contribution is -2.29. The Morgan fingerprint density at radius 2 is 2.24 bits per heavy atom. The molecule has 17 heavy (non-hydrogen) atoms. The molecule has 1 atom stereocenters. The van der Waals surface area contributed by atoms with Crippen LogP contribution in [-0.4, -0.2) is 23.5 Å². The Labute approximate surface area is 104 Å². The van der Waals surface area contributed by atoms with Gasteiger partial charge in [0.2, 0.25) is 5.91 Å². The number of nitrogens with one attached hydrogen (secondary N) is 1. The van der Waals surface area contributed by atoms with Gasteiger partial charge in [-0.2, -0.15) is 0 Å². The molecular weight excluding hydrogens is 239 g/mol. The van der Waals surface area contributed by atoms with Crippen LogP contribution in [0.5, 0.6) is 0 Å². The van der Waals surface area contributed by atoms with Crippen LogP contribution < -0.4 is 5.32 Å². The van der Waals surface area contributed by atoms with E-state index in [1.807, 2.05) is 6.92 Å². The smallest absolute Gasteiger partial charge is 0.250 e. The fourth-order valence-electron chi connectivity index (χ4n) is 1.56. The summed E-state index contributed by atoms with van der Waals surface area (Å²) in [6, 6.07) is 6.31. The summed E-state index contributed by atoms with van der Waals surface area (Å²) in [5.74, 6) is 0.824. The fourth-order valence-corrected chi connectivity index (χ4v) is 2.38. The highest BCUT2D eigenvalue weighted by atomic mass is 32.2. The molecule has 0 radical (unpaired) electrons. The van der Waals surface area contributed by atoms with Gasteiger partial charge < -0.3 is 5.32 Å². The highest BCUT2D eigenvalue weighted by molar-refractivity contribution is 8.00. The van der Waals surface area contributed by atoms with Crippen LogP contribution in [-0.2, 0) is 4.79 Å². The van der Waals surface area contributed by atoms with Crippen LogP contribution in [0.25, 0.3) is 0 Å². The number of halogens is 1. The van der Waals surface area contributed by atoms with Crippen molar-refractivity contribution in [2.45, 2.75) is 24.3 Å². The zero-order valence-corrected chi connectivity index (χ0v) is 10.3. The van der Waals surface area contributed by atoms with Crippen molar-refractivity contribution in [2.24, 2.45) is 4.99 Å². The summed E-state index contributed by atoms with van der Waals surface area (Å²) in [5, 5.41) is 2.71. The van der Waals surface area contributed by atoms with Crippen molar-refractivity contribution < 1.29 is 9.18 Å². The standard InChI is InChI=1S/C12H13FN2OS/c1-2-9-12(16)15-11(14-9)7-17-10-6-4-3-5-8(10)13/h3-6,9H,2,7H2,1H3,(H,14,15,16). The lowest BCUT2D eigenvalue weighted by molar-refractivity contribution is -0.120. The zero-order chi connectivity index (χ0) is 12.3. The molecule has 0 spiro atoms. The average Bonchev–Trinajstić information content (AvgIpc) is 2.69. The van der Waals surface area contributed by atoms with E-state index in [2.05, 4.69) is 10.3 Å². The number of amides is 1. The van der Waals surface area contributed by atoms with E-state index in [1.54, 1.807) is 18.2 Å². The maximum absolute atomic E-state index is 13.3. The maximum atomic E-state index is 13.3. The SMILES string of the molecule is CCC1N=C(CSc2ccccc2F)NC1=O. The molecule has 3 nitrogen and oxygen atoms in total. The quantitative estimate of drug-likeness (QED) is 0.835. The third-order valence-electron chi connectivity index (χ3n) is 2.47. The van der Waals surface area contributed by atoms with Crippen molar-refractivity contribution in [1.29, 1.82) is 0 Å². The van der Waals surface area contributed by atoms with Gasteiger partial charge in [0.15, 0.2) is 0 Å². The highest BCUT2D eigenvalue weighted by Crippen LogP contribution is 2.21.